The van der Waals surface area contributed by atoms with Crippen molar-refractivity contribution in [1.82, 2.24) is 20.2 Å². The summed E-state index contributed by atoms with van der Waals surface area (Å²) in [5.74, 6) is -1.40. The van der Waals surface area contributed by atoms with E-state index < -0.39 is 12.1 Å². The molecular formula is C13H17F3N4O. The van der Waals surface area contributed by atoms with Crippen molar-refractivity contribution in [1.29, 1.82) is 0 Å². The second-order valence-electron chi connectivity index (χ2n) is 5.61. The lowest BCUT2D eigenvalue weighted by molar-refractivity contribution is -0.186. The third-order valence-electron chi connectivity index (χ3n) is 4.30. The van der Waals surface area contributed by atoms with Crippen LogP contribution in [0.2, 0.25) is 0 Å². The largest absolute Gasteiger partial charge is 0.391 e. The van der Waals surface area contributed by atoms with Gasteiger partial charge in [-0.2, -0.15) is 13.2 Å². The Bertz CT molecular complexity index is 520. The number of nitrogens with zero attached hydrogens (tertiary/aromatic N) is 2. The Balaban J connectivity index is 1.58. The van der Waals surface area contributed by atoms with Crippen LogP contribution in [0.3, 0.4) is 0 Å². The zero-order valence-corrected chi connectivity index (χ0v) is 11.4. The molecule has 1 amide bonds. The Labute approximate surface area is 119 Å². The number of nitrogens with one attached hydrogen (secondary N) is 2. The summed E-state index contributed by atoms with van der Waals surface area (Å²) in [7, 11) is 0. The average molecular weight is 302 g/mol. The zero-order chi connectivity index (χ0) is 15.0. The molecule has 3 rings (SSSR count). The van der Waals surface area contributed by atoms with Crippen LogP contribution in [0.5, 0.6) is 0 Å². The van der Waals surface area contributed by atoms with Crippen LogP contribution in [0.15, 0.2) is 6.33 Å². The number of hydrogen-bond acceptors (Lipinski definition) is 3. The van der Waals surface area contributed by atoms with Crippen LogP contribution in [0.25, 0.3) is 0 Å². The van der Waals surface area contributed by atoms with E-state index in [1.165, 1.54) is 4.90 Å². The third kappa shape index (κ3) is 2.90. The van der Waals surface area contributed by atoms with Gasteiger partial charge >= 0.3 is 6.18 Å². The lowest BCUT2D eigenvalue weighted by Crippen LogP contribution is -2.52. The van der Waals surface area contributed by atoms with Crippen molar-refractivity contribution in [2.45, 2.75) is 38.0 Å². The quantitative estimate of drug-likeness (QED) is 0.820. The summed E-state index contributed by atoms with van der Waals surface area (Å²) in [5, 5.41) is 3.12. The van der Waals surface area contributed by atoms with Crippen molar-refractivity contribution in [3.8, 4) is 0 Å². The Morgan fingerprint density at radius 1 is 1.33 bits per heavy atom. The van der Waals surface area contributed by atoms with E-state index in [9.17, 15) is 18.0 Å². The number of H-pyrrole nitrogens is 1. The van der Waals surface area contributed by atoms with Crippen molar-refractivity contribution in [3.63, 3.8) is 0 Å². The molecule has 0 aromatic carbocycles. The number of imidazole rings is 1. The molecule has 2 aliphatic heterocycles. The topological polar surface area (TPSA) is 61.0 Å². The van der Waals surface area contributed by atoms with Crippen molar-refractivity contribution >= 4 is 5.91 Å². The molecule has 0 saturated carbocycles. The monoisotopic (exact) mass is 302 g/mol. The first kappa shape index (κ1) is 14.4. The number of hydrogen-bond donors (Lipinski definition) is 2. The normalized spacial score (nSPS) is 24.0. The number of aromatic amines is 1. The summed E-state index contributed by atoms with van der Waals surface area (Å²) < 4.78 is 37.9. The third-order valence-corrected chi connectivity index (χ3v) is 4.30. The molecule has 0 spiro atoms. The molecule has 3 heterocycles. The van der Waals surface area contributed by atoms with Gasteiger partial charge in [0.25, 0.3) is 0 Å². The van der Waals surface area contributed by atoms with E-state index in [-0.39, 0.29) is 37.9 Å². The Kier molecular flexibility index (Phi) is 3.64. The fourth-order valence-corrected chi connectivity index (χ4v) is 2.99. The molecule has 2 aliphatic rings. The van der Waals surface area contributed by atoms with Gasteiger partial charge in [-0.15, -0.1) is 0 Å². The number of carbonyl (C=O) groups is 1. The number of fused-ring (bicyclic) bond motifs is 1. The van der Waals surface area contributed by atoms with E-state index in [1.807, 2.05) is 0 Å². The van der Waals surface area contributed by atoms with E-state index in [2.05, 4.69) is 15.3 Å². The number of piperidine rings is 1. The lowest BCUT2D eigenvalue weighted by atomic mass is 9.95. The highest BCUT2D eigenvalue weighted by Gasteiger charge is 2.42. The summed E-state index contributed by atoms with van der Waals surface area (Å²) in [6.07, 6.45) is -2.09. The highest BCUT2D eigenvalue weighted by molar-refractivity contribution is 5.82. The summed E-state index contributed by atoms with van der Waals surface area (Å²) in [5.41, 5.74) is 1.83. The minimum absolute atomic E-state index is 0.00435. The minimum atomic E-state index is -4.15. The summed E-state index contributed by atoms with van der Waals surface area (Å²) >= 11 is 0. The van der Waals surface area contributed by atoms with Crippen LogP contribution < -0.4 is 5.32 Å². The molecule has 1 fully saturated rings. The molecule has 0 radical (unpaired) electrons. The van der Waals surface area contributed by atoms with Crippen LogP contribution in [-0.2, 0) is 17.8 Å². The van der Waals surface area contributed by atoms with Gasteiger partial charge in [-0.05, 0) is 12.8 Å². The second-order valence-corrected chi connectivity index (χ2v) is 5.61. The number of halogens is 3. The zero-order valence-electron chi connectivity index (χ0n) is 11.4. The first-order chi connectivity index (χ1) is 9.95. The van der Waals surface area contributed by atoms with Crippen LogP contribution in [0, 0.1) is 5.92 Å². The minimum Gasteiger partial charge on any atom is -0.347 e. The van der Waals surface area contributed by atoms with Crippen LogP contribution in [-0.4, -0.2) is 46.1 Å². The van der Waals surface area contributed by atoms with Gasteiger partial charge in [-0.25, -0.2) is 4.98 Å². The van der Waals surface area contributed by atoms with Gasteiger partial charge in [0.1, 0.15) is 0 Å². The maximum absolute atomic E-state index is 12.6. The molecule has 1 unspecified atom stereocenters. The van der Waals surface area contributed by atoms with Gasteiger partial charge in [0.2, 0.25) is 5.91 Å². The maximum Gasteiger partial charge on any atom is 0.391 e. The van der Waals surface area contributed by atoms with Gasteiger partial charge in [-0.1, -0.05) is 0 Å². The molecule has 5 nitrogen and oxygen atoms in total. The first-order valence-electron chi connectivity index (χ1n) is 7.05. The highest BCUT2D eigenvalue weighted by Crippen LogP contribution is 2.34. The van der Waals surface area contributed by atoms with Crippen LogP contribution in [0.4, 0.5) is 13.2 Å². The average Bonchev–Trinajstić information content (AvgIpc) is 2.93. The first-order valence-corrected chi connectivity index (χ1v) is 7.05. The van der Waals surface area contributed by atoms with Gasteiger partial charge in [-0.3, -0.25) is 10.1 Å². The van der Waals surface area contributed by atoms with Gasteiger partial charge in [0.15, 0.2) is 0 Å². The molecule has 8 heteroatoms. The molecule has 1 saturated heterocycles. The SMILES string of the molecule is O=C(C1Cc2nc[nH]c2CN1)N1CCC(C(F)(F)F)CC1. The van der Waals surface area contributed by atoms with E-state index in [0.29, 0.717) is 13.0 Å². The molecule has 2 N–H and O–H groups in total. The van der Waals surface area contributed by atoms with E-state index in [0.717, 1.165) is 11.4 Å². The van der Waals surface area contributed by atoms with Crippen molar-refractivity contribution in [2.24, 2.45) is 5.92 Å². The molecule has 116 valence electrons. The molecule has 1 aromatic rings. The number of likely N-dealkylation sites (tertiary alicyclic amines) is 1. The van der Waals surface area contributed by atoms with E-state index in [4.69, 9.17) is 0 Å². The lowest BCUT2D eigenvalue weighted by Gasteiger charge is -2.35. The number of alkyl halides is 3. The van der Waals surface area contributed by atoms with Crippen LogP contribution in [0.1, 0.15) is 24.2 Å². The van der Waals surface area contributed by atoms with Gasteiger partial charge in [0.05, 0.1) is 29.7 Å². The van der Waals surface area contributed by atoms with Gasteiger partial charge in [0, 0.05) is 26.1 Å². The summed E-state index contributed by atoms with van der Waals surface area (Å²) in [6, 6.07) is -0.386. The standard InChI is InChI=1S/C13H17F3N4O/c14-13(15,16)8-1-3-20(4-2-8)12(21)10-5-9-11(6-17-10)19-7-18-9/h7-8,10,17H,1-6H2,(H,18,19). The predicted octanol–water partition coefficient (Wildman–Crippen LogP) is 1.22. The molecule has 21 heavy (non-hydrogen) atoms. The summed E-state index contributed by atoms with van der Waals surface area (Å²) in [6.45, 7) is 0.883. The maximum atomic E-state index is 12.6. The van der Waals surface area contributed by atoms with Crippen molar-refractivity contribution < 1.29 is 18.0 Å². The highest BCUT2D eigenvalue weighted by atomic mass is 19.4. The Hall–Kier alpha value is -1.57. The molecule has 1 aromatic heterocycles. The molecule has 0 aliphatic carbocycles. The number of carbonyl (C=O) groups excluding carboxylic acids is 1. The van der Waals surface area contributed by atoms with Crippen molar-refractivity contribution in [2.75, 3.05) is 13.1 Å². The number of amides is 1. The molecular weight excluding hydrogens is 285 g/mol. The molecule has 0 bridgehead atoms. The number of rotatable bonds is 1. The smallest absolute Gasteiger partial charge is 0.347 e. The Morgan fingerprint density at radius 3 is 2.71 bits per heavy atom. The number of aromatic nitrogens is 2. The van der Waals surface area contributed by atoms with E-state index in [1.54, 1.807) is 6.33 Å². The Morgan fingerprint density at radius 2 is 2.05 bits per heavy atom. The van der Waals surface area contributed by atoms with Gasteiger partial charge < -0.3 is 9.88 Å². The van der Waals surface area contributed by atoms with Crippen LogP contribution >= 0.6 is 0 Å². The van der Waals surface area contributed by atoms with Crippen molar-refractivity contribution in [3.05, 3.63) is 17.7 Å². The summed E-state index contributed by atoms with van der Waals surface area (Å²) in [4.78, 5) is 21.1. The predicted molar refractivity (Wildman–Crippen MR) is 68.3 cm³/mol. The fraction of sp³-hybridized carbons (Fsp3) is 0.692. The fourth-order valence-electron chi connectivity index (χ4n) is 2.99. The molecule has 1 atom stereocenters. The van der Waals surface area contributed by atoms with E-state index >= 15 is 0 Å². The second kappa shape index (κ2) is 5.32.